The number of fused-ring (bicyclic) bond motifs is 2. The number of piperazine rings is 1. The Labute approximate surface area is 123 Å². The minimum Gasteiger partial charge on any atom is -0.389 e. The van der Waals surface area contributed by atoms with Gasteiger partial charge in [0.2, 0.25) is 0 Å². The van der Waals surface area contributed by atoms with Crippen LogP contribution in [0.25, 0.3) is 0 Å². The summed E-state index contributed by atoms with van der Waals surface area (Å²) in [6.45, 7) is 6.52. The van der Waals surface area contributed by atoms with Crippen molar-refractivity contribution in [2.45, 2.75) is 31.8 Å². The van der Waals surface area contributed by atoms with Crippen molar-refractivity contribution in [2.75, 3.05) is 53.0 Å². The molecule has 0 amide bonds. The minimum atomic E-state index is -0.322. The van der Waals surface area contributed by atoms with Crippen molar-refractivity contribution >= 4 is 0 Å². The number of aliphatic hydroxyl groups is 1. The molecule has 1 heterocycles. The molecule has 0 unspecified atom stereocenters. The Bertz CT molecular complexity index is 305. The molecule has 0 aromatic heterocycles. The van der Waals surface area contributed by atoms with Crippen LogP contribution < -0.4 is 0 Å². The standard InChI is InChI=1S/C16H30N2O2/c1-17-4-6-18(7-5-17)10-16(19)12-20-11-15-9-13-2-3-14(15)8-13/h13-16,19H,2-12H2,1H3/t13-,14-,15-,16+/m1/s1. The van der Waals surface area contributed by atoms with Crippen molar-refractivity contribution in [1.29, 1.82) is 0 Å². The number of rotatable bonds is 6. The molecule has 1 aliphatic heterocycles. The lowest BCUT2D eigenvalue weighted by atomic mass is 9.90. The molecule has 2 saturated carbocycles. The highest BCUT2D eigenvalue weighted by molar-refractivity contribution is 4.89. The highest BCUT2D eigenvalue weighted by atomic mass is 16.5. The fourth-order valence-corrected chi connectivity index (χ4v) is 4.32. The van der Waals surface area contributed by atoms with Crippen LogP contribution in [0.4, 0.5) is 0 Å². The zero-order valence-electron chi connectivity index (χ0n) is 12.8. The molecule has 0 aromatic rings. The van der Waals surface area contributed by atoms with Gasteiger partial charge in [-0.3, -0.25) is 4.90 Å². The van der Waals surface area contributed by atoms with Gasteiger partial charge in [0.15, 0.2) is 0 Å². The lowest BCUT2D eigenvalue weighted by Crippen LogP contribution is -2.47. The van der Waals surface area contributed by atoms with E-state index in [2.05, 4.69) is 16.8 Å². The summed E-state index contributed by atoms with van der Waals surface area (Å²) in [4.78, 5) is 4.69. The van der Waals surface area contributed by atoms with Gasteiger partial charge in [0.05, 0.1) is 12.7 Å². The van der Waals surface area contributed by atoms with E-state index in [1.54, 1.807) is 0 Å². The molecule has 20 heavy (non-hydrogen) atoms. The number of nitrogens with zero attached hydrogens (tertiary/aromatic N) is 2. The van der Waals surface area contributed by atoms with E-state index < -0.39 is 0 Å². The van der Waals surface area contributed by atoms with E-state index in [4.69, 9.17) is 4.74 Å². The van der Waals surface area contributed by atoms with Crippen LogP contribution in [0.2, 0.25) is 0 Å². The van der Waals surface area contributed by atoms with Crippen molar-refractivity contribution in [3.8, 4) is 0 Å². The van der Waals surface area contributed by atoms with Gasteiger partial charge in [-0.25, -0.2) is 0 Å². The molecule has 2 aliphatic carbocycles. The third kappa shape index (κ3) is 3.73. The smallest absolute Gasteiger partial charge is 0.0900 e. The fourth-order valence-electron chi connectivity index (χ4n) is 4.32. The molecule has 116 valence electrons. The highest BCUT2D eigenvalue weighted by Gasteiger charge is 2.39. The Morgan fingerprint density at radius 1 is 1.15 bits per heavy atom. The van der Waals surface area contributed by atoms with Crippen LogP contribution in [-0.4, -0.2) is 74.0 Å². The molecule has 3 rings (SSSR count). The van der Waals surface area contributed by atoms with Crippen LogP contribution in [0.1, 0.15) is 25.7 Å². The van der Waals surface area contributed by atoms with E-state index in [1.807, 2.05) is 0 Å². The normalized spacial score (nSPS) is 36.6. The maximum atomic E-state index is 10.1. The molecule has 1 N–H and O–H groups in total. The summed E-state index contributed by atoms with van der Waals surface area (Å²) < 4.78 is 5.81. The molecule has 3 aliphatic rings. The second-order valence-corrected chi connectivity index (χ2v) is 7.23. The molecule has 0 radical (unpaired) electrons. The van der Waals surface area contributed by atoms with Crippen LogP contribution in [0.15, 0.2) is 0 Å². The zero-order valence-corrected chi connectivity index (χ0v) is 12.8. The van der Waals surface area contributed by atoms with Gasteiger partial charge < -0.3 is 14.7 Å². The Morgan fingerprint density at radius 2 is 1.95 bits per heavy atom. The molecule has 1 saturated heterocycles. The molecular weight excluding hydrogens is 252 g/mol. The number of β-amino-alcohol motifs (C(OH)–C–C–N with tert-alkyl or cyclic N) is 1. The summed E-state index contributed by atoms with van der Waals surface area (Å²) in [5.74, 6) is 2.70. The van der Waals surface area contributed by atoms with Crippen LogP contribution in [0.3, 0.4) is 0 Å². The van der Waals surface area contributed by atoms with E-state index in [0.29, 0.717) is 6.61 Å². The lowest BCUT2D eigenvalue weighted by molar-refractivity contribution is -0.00742. The van der Waals surface area contributed by atoms with Crippen molar-refractivity contribution in [3.05, 3.63) is 0 Å². The molecule has 2 bridgehead atoms. The summed E-state index contributed by atoms with van der Waals surface area (Å²) in [6.07, 6.45) is 5.37. The molecule has 0 spiro atoms. The molecule has 4 heteroatoms. The molecule has 3 fully saturated rings. The van der Waals surface area contributed by atoms with Gasteiger partial charge in [0.25, 0.3) is 0 Å². The second-order valence-electron chi connectivity index (χ2n) is 7.23. The SMILES string of the molecule is CN1CCN(C[C@H](O)COC[C@H]2C[C@@H]3CC[C@@H]2C3)CC1. The Morgan fingerprint density at radius 3 is 2.60 bits per heavy atom. The Hall–Kier alpha value is -0.160. The van der Waals surface area contributed by atoms with E-state index in [1.165, 1.54) is 25.7 Å². The van der Waals surface area contributed by atoms with E-state index in [-0.39, 0.29) is 6.10 Å². The second kappa shape index (κ2) is 6.73. The van der Waals surface area contributed by atoms with Gasteiger partial charge in [0, 0.05) is 39.3 Å². The van der Waals surface area contributed by atoms with Crippen molar-refractivity contribution in [3.63, 3.8) is 0 Å². The number of likely N-dealkylation sites (N-methyl/N-ethyl adjacent to an activating group) is 1. The fraction of sp³-hybridized carbons (Fsp3) is 1.00. The van der Waals surface area contributed by atoms with Gasteiger partial charge in [0.1, 0.15) is 0 Å². The van der Waals surface area contributed by atoms with Crippen molar-refractivity contribution < 1.29 is 9.84 Å². The maximum Gasteiger partial charge on any atom is 0.0900 e. The summed E-state index contributed by atoms with van der Waals surface area (Å²) >= 11 is 0. The van der Waals surface area contributed by atoms with Crippen molar-refractivity contribution in [1.82, 2.24) is 9.80 Å². The predicted octanol–water partition coefficient (Wildman–Crippen LogP) is 1.05. The number of hydrogen-bond acceptors (Lipinski definition) is 4. The first-order chi connectivity index (χ1) is 9.70. The summed E-state index contributed by atoms with van der Waals surface area (Å²) in [5.41, 5.74) is 0. The van der Waals surface area contributed by atoms with Gasteiger partial charge in [-0.1, -0.05) is 6.42 Å². The quantitative estimate of drug-likeness (QED) is 0.790. The van der Waals surface area contributed by atoms with Crippen LogP contribution in [0, 0.1) is 17.8 Å². The van der Waals surface area contributed by atoms with Gasteiger partial charge in [-0.05, 0) is 44.1 Å². The summed E-state index contributed by atoms with van der Waals surface area (Å²) in [7, 11) is 2.16. The third-order valence-corrected chi connectivity index (χ3v) is 5.59. The largest absolute Gasteiger partial charge is 0.389 e. The topological polar surface area (TPSA) is 35.9 Å². The zero-order chi connectivity index (χ0) is 13.9. The lowest BCUT2D eigenvalue weighted by Gasteiger charge is -2.33. The summed E-state index contributed by atoms with van der Waals surface area (Å²) in [6, 6.07) is 0. The first-order valence-electron chi connectivity index (χ1n) is 8.37. The Balaban J connectivity index is 1.28. The van der Waals surface area contributed by atoms with Crippen LogP contribution in [-0.2, 0) is 4.74 Å². The van der Waals surface area contributed by atoms with E-state index in [0.717, 1.165) is 57.1 Å². The summed E-state index contributed by atoms with van der Waals surface area (Å²) in [5, 5.41) is 10.1. The molecule has 4 nitrogen and oxygen atoms in total. The Kier molecular flexibility index (Phi) is 4.97. The van der Waals surface area contributed by atoms with Crippen molar-refractivity contribution in [2.24, 2.45) is 17.8 Å². The predicted molar refractivity (Wildman–Crippen MR) is 79.7 cm³/mol. The van der Waals surface area contributed by atoms with E-state index >= 15 is 0 Å². The molecule has 4 atom stereocenters. The number of ether oxygens (including phenoxy) is 1. The van der Waals surface area contributed by atoms with Crippen LogP contribution in [0.5, 0.6) is 0 Å². The first-order valence-corrected chi connectivity index (χ1v) is 8.37. The van der Waals surface area contributed by atoms with Gasteiger partial charge in [-0.2, -0.15) is 0 Å². The molecular formula is C16H30N2O2. The van der Waals surface area contributed by atoms with Gasteiger partial charge >= 0.3 is 0 Å². The highest BCUT2D eigenvalue weighted by Crippen LogP contribution is 2.48. The minimum absolute atomic E-state index is 0.322. The average molecular weight is 282 g/mol. The number of hydrogen-bond donors (Lipinski definition) is 1. The third-order valence-electron chi connectivity index (χ3n) is 5.59. The number of aliphatic hydroxyl groups excluding tert-OH is 1. The van der Waals surface area contributed by atoms with Gasteiger partial charge in [-0.15, -0.1) is 0 Å². The maximum absolute atomic E-state index is 10.1. The average Bonchev–Trinajstić information content (AvgIpc) is 3.04. The van der Waals surface area contributed by atoms with Crippen LogP contribution >= 0.6 is 0 Å². The first kappa shape index (κ1) is 14.8. The van der Waals surface area contributed by atoms with E-state index in [9.17, 15) is 5.11 Å². The monoisotopic (exact) mass is 282 g/mol. The molecule has 0 aromatic carbocycles.